The van der Waals surface area contributed by atoms with Crippen LogP contribution in [0.1, 0.15) is 12.6 Å². The van der Waals surface area contributed by atoms with Gasteiger partial charge in [0.05, 0.1) is 0 Å². The van der Waals surface area contributed by atoms with Crippen LogP contribution in [0.2, 0.25) is 0 Å². The number of imidazole rings is 1. The number of halogens is 4. The Bertz CT molecular complexity index is 893. The highest BCUT2D eigenvalue weighted by Crippen LogP contribution is 2.34. The van der Waals surface area contributed by atoms with Gasteiger partial charge in [-0.3, -0.25) is 10.9 Å². The molecule has 134 valence electrons. The number of anilines is 1. The molecule has 6 nitrogen and oxygen atoms in total. The number of hydrazine groups is 1. The molecule has 0 spiro atoms. The Kier molecular flexibility index (Phi) is 4.62. The third-order valence-electron chi connectivity index (χ3n) is 3.63. The van der Waals surface area contributed by atoms with Crippen molar-refractivity contribution in [3.63, 3.8) is 0 Å². The molecule has 3 heterocycles. The topological polar surface area (TPSA) is 71.8 Å². The van der Waals surface area contributed by atoms with Crippen LogP contribution in [0.5, 0.6) is 0 Å². The molecule has 0 saturated heterocycles. The van der Waals surface area contributed by atoms with Gasteiger partial charge in [0.1, 0.15) is 27.9 Å². The summed E-state index contributed by atoms with van der Waals surface area (Å²) in [6.07, 6.45) is -2.06. The van der Waals surface area contributed by atoms with Gasteiger partial charge in [0.2, 0.25) is 0 Å². The summed E-state index contributed by atoms with van der Waals surface area (Å²) in [6, 6.07) is 1.70. The van der Waals surface area contributed by atoms with Gasteiger partial charge < -0.3 is 4.57 Å². The zero-order valence-corrected chi connectivity index (χ0v) is 15.6. The number of rotatable bonds is 3. The Morgan fingerprint density at radius 2 is 2.08 bits per heavy atom. The van der Waals surface area contributed by atoms with Crippen molar-refractivity contribution in [3.8, 4) is 11.5 Å². The number of fused-ring (bicyclic) bond motifs is 1. The average molecular weight is 437 g/mol. The maximum atomic E-state index is 12.9. The van der Waals surface area contributed by atoms with E-state index in [-0.39, 0.29) is 5.69 Å². The number of nitrogens with one attached hydrogen (secondary N) is 2. The molecular formula is C14H14BrF3N5OS+. The van der Waals surface area contributed by atoms with Gasteiger partial charge in [-0.05, 0) is 28.9 Å². The van der Waals surface area contributed by atoms with Crippen molar-refractivity contribution >= 4 is 38.6 Å². The fourth-order valence-corrected chi connectivity index (χ4v) is 3.92. The second-order valence-corrected chi connectivity index (χ2v) is 8.04. The highest BCUT2D eigenvalue weighted by molar-refractivity contribution is 9.10. The van der Waals surface area contributed by atoms with E-state index in [1.807, 2.05) is 0 Å². The Balaban J connectivity index is 2.15. The summed E-state index contributed by atoms with van der Waals surface area (Å²) in [5, 5.41) is 0. The van der Waals surface area contributed by atoms with E-state index >= 15 is 0 Å². The first-order chi connectivity index (χ1) is 11.7. The van der Waals surface area contributed by atoms with Crippen LogP contribution in [0.25, 0.3) is 17.6 Å². The molecule has 1 aliphatic rings. The van der Waals surface area contributed by atoms with E-state index in [0.717, 1.165) is 6.08 Å². The fraction of sp³-hybridized carbons (Fsp3) is 0.286. The van der Waals surface area contributed by atoms with Crippen molar-refractivity contribution < 1.29 is 17.4 Å². The average Bonchev–Trinajstić information content (AvgIpc) is 2.89. The molecule has 1 unspecified atom stereocenters. The molecule has 0 fully saturated rings. The lowest BCUT2D eigenvalue weighted by Gasteiger charge is -2.20. The molecule has 25 heavy (non-hydrogen) atoms. The molecule has 2 aromatic heterocycles. The van der Waals surface area contributed by atoms with Gasteiger partial charge in [-0.15, -0.1) is 4.21 Å². The largest absolute Gasteiger partial charge is 0.432 e. The first-order valence-electron chi connectivity index (χ1n) is 7.20. The van der Waals surface area contributed by atoms with Crippen LogP contribution in [0.4, 0.5) is 19.0 Å². The van der Waals surface area contributed by atoms with Gasteiger partial charge in [-0.2, -0.15) is 13.2 Å². The number of hydrogen-bond donors (Lipinski definition) is 2. The zero-order valence-electron chi connectivity index (χ0n) is 13.1. The number of aromatic nitrogens is 3. The van der Waals surface area contributed by atoms with E-state index in [4.69, 9.17) is 0 Å². The molecule has 0 aromatic carbocycles. The van der Waals surface area contributed by atoms with Crippen LogP contribution >= 0.6 is 15.9 Å². The second kappa shape index (κ2) is 6.45. The molecule has 0 bridgehead atoms. The number of pyridine rings is 1. The minimum absolute atomic E-state index is 0.131. The molecule has 2 N–H and O–H groups in total. The van der Waals surface area contributed by atoms with Gasteiger partial charge in [0.25, 0.3) is 0 Å². The molecule has 0 radical (unpaired) electrons. The summed E-state index contributed by atoms with van der Waals surface area (Å²) in [5.74, 6) is 1.12. The van der Waals surface area contributed by atoms with Gasteiger partial charge in [0, 0.05) is 23.8 Å². The van der Waals surface area contributed by atoms with E-state index < -0.39 is 22.7 Å². The van der Waals surface area contributed by atoms with Crippen molar-refractivity contribution in [2.75, 3.05) is 11.2 Å². The molecule has 0 aliphatic carbocycles. The smallest absolute Gasteiger partial charge is 0.311 e. The molecule has 1 aliphatic heterocycles. The summed E-state index contributed by atoms with van der Waals surface area (Å²) in [4.78, 5) is 9.06. The lowest BCUT2D eigenvalue weighted by Crippen LogP contribution is -2.33. The van der Waals surface area contributed by atoms with Crippen molar-refractivity contribution in [1.82, 2.24) is 20.0 Å². The Hall–Kier alpha value is -1.88. The SMILES string of the molecule is CC[SH+](=O)c1cc(Br)cnc1-c1nc2c(n1C)NNC(C(F)(F)F)=C2. The molecular weight excluding hydrogens is 423 g/mol. The molecule has 0 saturated carbocycles. The highest BCUT2D eigenvalue weighted by atomic mass is 79.9. The summed E-state index contributed by atoms with van der Waals surface area (Å²) in [5.41, 5.74) is 4.20. The summed E-state index contributed by atoms with van der Waals surface area (Å²) < 4.78 is 53.2. The minimum Gasteiger partial charge on any atom is -0.311 e. The van der Waals surface area contributed by atoms with E-state index in [1.54, 1.807) is 24.6 Å². The van der Waals surface area contributed by atoms with Crippen LogP contribution in [-0.4, -0.2) is 26.5 Å². The Morgan fingerprint density at radius 1 is 1.36 bits per heavy atom. The van der Waals surface area contributed by atoms with Crippen LogP contribution in [-0.2, 0) is 22.1 Å². The van der Waals surface area contributed by atoms with Crippen LogP contribution in [0.3, 0.4) is 0 Å². The zero-order chi connectivity index (χ0) is 18.4. The monoisotopic (exact) mass is 436 g/mol. The number of hydrogen-bond acceptors (Lipinski definition) is 5. The Labute approximate surface area is 152 Å². The lowest BCUT2D eigenvalue weighted by atomic mass is 10.3. The van der Waals surface area contributed by atoms with E-state index in [0.29, 0.717) is 32.5 Å². The minimum atomic E-state index is -4.52. The second-order valence-electron chi connectivity index (χ2n) is 5.25. The van der Waals surface area contributed by atoms with E-state index in [1.165, 1.54) is 6.20 Å². The normalized spacial score (nSPS) is 15.0. The van der Waals surface area contributed by atoms with Crippen LogP contribution in [0, 0.1) is 0 Å². The summed E-state index contributed by atoms with van der Waals surface area (Å²) >= 11 is 3.30. The maximum absolute atomic E-state index is 12.9. The number of allylic oxidation sites excluding steroid dienone is 1. The quantitative estimate of drug-likeness (QED) is 0.571. The first kappa shape index (κ1) is 17.9. The van der Waals surface area contributed by atoms with Crippen LogP contribution in [0.15, 0.2) is 27.3 Å². The van der Waals surface area contributed by atoms with E-state index in [9.17, 15) is 17.4 Å². The number of alkyl halides is 3. The predicted octanol–water partition coefficient (Wildman–Crippen LogP) is 3.15. The standard InChI is InChI=1S/C14H13BrF3N5OS/c1-3-25(24)9-4-7(15)6-19-11(9)13-20-8-5-10(14(16,17)18)21-22-12(8)23(13)2/h4-6,21-22H,3H2,1-2H3/p+1. The third-order valence-corrected chi connectivity index (χ3v) is 5.51. The molecule has 1 atom stereocenters. The number of nitrogens with zero attached hydrogens (tertiary/aromatic N) is 3. The fourth-order valence-electron chi connectivity index (χ4n) is 2.39. The van der Waals surface area contributed by atoms with Crippen LogP contribution < -0.4 is 10.9 Å². The molecule has 2 aromatic rings. The third kappa shape index (κ3) is 3.30. The first-order valence-corrected chi connectivity index (χ1v) is 9.44. The van der Waals surface area contributed by atoms with Crippen molar-refractivity contribution in [2.24, 2.45) is 7.05 Å². The lowest BCUT2D eigenvalue weighted by molar-refractivity contribution is -0.0951. The number of thiol groups is 1. The van der Waals surface area contributed by atoms with Crippen molar-refractivity contribution in [3.05, 3.63) is 28.1 Å². The highest BCUT2D eigenvalue weighted by Gasteiger charge is 2.37. The van der Waals surface area contributed by atoms with Gasteiger partial charge >= 0.3 is 6.18 Å². The van der Waals surface area contributed by atoms with Gasteiger partial charge in [0.15, 0.2) is 22.2 Å². The van der Waals surface area contributed by atoms with Crippen molar-refractivity contribution in [2.45, 2.75) is 18.0 Å². The summed E-state index contributed by atoms with van der Waals surface area (Å²) in [6.45, 7) is 1.79. The van der Waals surface area contributed by atoms with Gasteiger partial charge in [-0.1, -0.05) is 0 Å². The van der Waals surface area contributed by atoms with E-state index in [2.05, 4.69) is 36.7 Å². The molecule has 0 amide bonds. The Morgan fingerprint density at radius 3 is 2.72 bits per heavy atom. The van der Waals surface area contributed by atoms with Gasteiger partial charge in [-0.25, -0.2) is 9.97 Å². The van der Waals surface area contributed by atoms with Crippen molar-refractivity contribution in [1.29, 1.82) is 0 Å². The maximum Gasteiger partial charge on any atom is 0.432 e. The molecule has 3 rings (SSSR count). The summed E-state index contributed by atoms with van der Waals surface area (Å²) in [7, 11) is -0.0468. The molecule has 11 heteroatoms. The predicted molar refractivity (Wildman–Crippen MR) is 93.2 cm³/mol.